The van der Waals surface area contributed by atoms with Crippen LogP contribution in [0, 0.1) is 12.8 Å². The van der Waals surface area contributed by atoms with Crippen LogP contribution >= 0.6 is 0 Å². The van der Waals surface area contributed by atoms with Gasteiger partial charge in [-0.05, 0) is 51.7 Å². The summed E-state index contributed by atoms with van der Waals surface area (Å²) in [6.07, 6.45) is 3.12. The minimum atomic E-state index is -0.323. The molecular formula is C19H27N3O3. The van der Waals surface area contributed by atoms with E-state index in [0.717, 1.165) is 18.5 Å². The zero-order valence-corrected chi connectivity index (χ0v) is 15.4. The van der Waals surface area contributed by atoms with Gasteiger partial charge in [-0.15, -0.1) is 0 Å². The van der Waals surface area contributed by atoms with Gasteiger partial charge in [0.05, 0.1) is 11.6 Å². The van der Waals surface area contributed by atoms with E-state index in [0.29, 0.717) is 24.6 Å². The summed E-state index contributed by atoms with van der Waals surface area (Å²) in [6.45, 7) is 7.42. The van der Waals surface area contributed by atoms with Crippen molar-refractivity contribution in [2.75, 3.05) is 20.2 Å². The molecule has 6 heteroatoms. The van der Waals surface area contributed by atoms with Crippen LogP contribution in [-0.2, 0) is 9.53 Å². The molecule has 2 aliphatic rings. The molecule has 0 N–H and O–H groups in total. The first-order chi connectivity index (χ1) is 11.9. The monoisotopic (exact) mass is 345 g/mol. The van der Waals surface area contributed by atoms with Gasteiger partial charge in [0, 0.05) is 38.1 Å². The number of aryl methyl sites for hydroxylation is 1. The molecule has 136 valence electrons. The maximum Gasteiger partial charge on any atom is 0.255 e. The van der Waals surface area contributed by atoms with Crippen molar-refractivity contribution in [2.24, 2.45) is 5.92 Å². The molecular weight excluding hydrogens is 318 g/mol. The van der Waals surface area contributed by atoms with Gasteiger partial charge in [0.15, 0.2) is 6.10 Å². The predicted molar refractivity (Wildman–Crippen MR) is 94.2 cm³/mol. The lowest BCUT2D eigenvalue weighted by Gasteiger charge is -2.53. The molecule has 1 aromatic heterocycles. The molecule has 25 heavy (non-hydrogen) atoms. The number of hydrogen-bond acceptors (Lipinski definition) is 4. The van der Waals surface area contributed by atoms with Gasteiger partial charge in [0.1, 0.15) is 0 Å². The molecule has 0 aromatic carbocycles. The smallest absolute Gasteiger partial charge is 0.255 e. The first-order valence-corrected chi connectivity index (χ1v) is 9.01. The third kappa shape index (κ3) is 3.27. The van der Waals surface area contributed by atoms with Crippen LogP contribution in [0.1, 0.15) is 42.7 Å². The number of methoxy groups -OCH3 is 1. The first kappa shape index (κ1) is 17.9. The lowest BCUT2D eigenvalue weighted by molar-refractivity contribution is -0.181. The van der Waals surface area contributed by atoms with E-state index in [9.17, 15) is 9.59 Å². The Hall–Kier alpha value is -1.95. The largest absolute Gasteiger partial charge is 0.369 e. The number of ether oxygens (including phenoxy) is 1. The number of aromatic nitrogens is 1. The van der Waals surface area contributed by atoms with Gasteiger partial charge in [-0.25, -0.2) is 0 Å². The minimum Gasteiger partial charge on any atom is -0.369 e. The summed E-state index contributed by atoms with van der Waals surface area (Å²) < 4.78 is 5.42. The van der Waals surface area contributed by atoms with E-state index in [-0.39, 0.29) is 30.0 Å². The van der Waals surface area contributed by atoms with Gasteiger partial charge in [0.25, 0.3) is 11.8 Å². The number of likely N-dealkylation sites (tertiary alicyclic amines) is 2. The Labute approximate surface area is 149 Å². The molecule has 2 atom stereocenters. The Kier molecular flexibility index (Phi) is 5.08. The summed E-state index contributed by atoms with van der Waals surface area (Å²) in [7, 11) is 1.61. The van der Waals surface area contributed by atoms with Crippen molar-refractivity contribution in [3.63, 3.8) is 0 Å². The Bertz CT molecular complexity index is 636. The van der Waals surface area contributed by atoms with Crippen LogP contribution in [0.25, 0.3) is 0 Å². The van der Waals surface area contributed by atoms with Crippen molar-refractivity contribution >= 4 is 11.8 Å². The van der Waals surface area contributed by atoms with Crippen LogP contribution in [0.3, 0.4) is 0 Å². The van der Waals surface area contributed by atoms with Gasteiger partial charge in [-0.2, -0.15) is 0 Å². The molecule has 2 aliphatic heterocycles. The molecule has 3 rings (SSSR count). The number of nitrogens with zero attached hydrogens (tertiary/aromatic N) is 3. The Morgan fingerprint density at radius 1 is 1.28 bits per heavy atom. The molecule has 0 saturated carbocycles. The van der Waals surface area contributed by atoms with Crippen LogP contribution in [0.15, 0.2) is 18.3 Å². The summed E-state index contributed by atoms with van der Waals surface area (Å²) >= 11 is 0. The number of hydrogen-bond donors (Lipinski definition) is 0. The number of carbonyl (C=O) groups is 2. The van der Waals surface area contributed by atoms with E-state index < -0.39 is 0 Å². The van der Waals surface area contributed by atoms with Crippen molar-refractivity contribution in [2.45, 2.75) is 51.8 Å². The fourth-order valence-electron chi connectivity index (χ4n) is 4.04. The van der Waals surface area contributed by atoms with Crippen molar-refractivity contribution in [1.29, 1.82) is 0 Å². The molecule has 2 saturated heterocycles. The molecule has 2 amide bonds. The average molecular weight is 345 g/mol. The van der Waals surface area contributed by atoms with Gasteiger partial charge >= 0.3 is 0 Å². The van der Waals surface area contributed by atoms with E-state index in [4.69, 9.17) is 4.74 Å². The van der Waals surface area contributed by atoms with Crippen molar-refractivity contribution in [1.82, 2.24) is 14.8 Å². The summed E-state index contributed by atoms with van der Waals surface area (Å²) in [4.78, 5) is 32.9. The Morgan fingerprint density at radius 2 is 1.96 bits per heavy atom. The fourth-order valence-corrected chi connectivity index (χ4v) is 4.04. The lowest BCUT2D eigenvalue weighted by atomic mass is 9.79. The lowest BCUT2D eigenvalue weighted by Crippen LogP contribution is -2.70. The highest BCUT2D eigenvalue weighted by Crippen LogP contribution is 2.36. The summed E-state index contributed by atoms with van der Waals surface area (Å²) in [5.41, 5.74) is 1.55. The Morgan fingerprint density at radius 3 is 2.48 bits per heavy atom. The number of rotatable bonds is 4. The van der Waals surface area contributed by atoms with Crippen molar-refractivity contribution in [3.05, 3.63) is 29.6 Å². The first-order valence-electron chi connectivity index (χ1n) is 9.01. The second kappa shape index (κ2) is 7.12. The second-order valence-corrected chi connectivity index (χ2v) is 7.30. The summed E-state index contributed by atoms with van der Waals surface area (Å²) in [5.74, 6) is 0.511. The average Bonchev–Trinajstić information content (AvgIpc) is 2.60. The number of pyridine rings is 1. The number of piperidine rings is 1. The molecule has 0 spiro atoms. The van der Waals surface area contributed by atoms with Crippen LogP contribution in [0.2, 0.25) is 0 Å². The molecule has 0 bridgehead atoms. The van der Waals surface area contributed by atoms with Gasteiger partial charge in [-0.3, -0.25) is 14.6 Å². The highest BCUT2D eigenvalue weighted by molar-refractivity contribution is 5.94. The van der Waals surface area contributed by atoms with Crippen molar-refractivity contribution in [3.8, 4) is 0 Å². The molecule has 0 aliphatic carbocycles. The maximum absolute atomic E-state index is 12.6. The van der Waals surface area contributed by atoms with Gasteiger partial charge < -0.3 is 14.5 Å². The summed E-state index contributed by atoms with van der Waals surface area (Å²) in [5, 5.41) is 0. The Balaban J connectivity index is 1.62. The van der Waals surface area contributed by atoms with Crippen LogP contribution in [0.5, 0.6) is 0 Å². The third-order valence-electron chi connectivity index (χ3n) is 5.41. The van der Waals surface area contributed by atoms with E-state index in [1.807, 2.05) is 42.7 Å². The third-order valence-corrected chi connectivity index (χ3v) is 5.41. The zero-order chi connectivity index (χ0) is 18.1. The number of carbonyl (C=O) groups excluding carboxylic acids is 2. The van der Waals surface area contributed by atoms with E-state index >= 15 is 0 Å². The molecule has 0 radical (unpaired) electrons. The van der Waals surface area contributed by atoms with E-state index in [1.54, 1.807) is 13.3 Å². The zero-order valence-electron chi connectivity index (χ0n) is 15.4. The molecule has 2 fully saturated rings. The highest BCUT2D eigenvalue weighted by atomic mass is 16.5. The molecule has 3 heterocycles. The predicted octanol–water partition coefficient (Wildman–Crippen LogP) is 1.88. The number of β-lactam (4-membered cyclic amide) rings is 1. The van der Waals surface area contributed by atoms with Crippen LogP contribution in [-0.4, -0.2) is 65.0 Å². The number of amides is 2. The SMILES string of the molecule is CO[C@H]1C(=O)N(C(C)C)[C@H]1C1CCN(C(=O)c2ccc(C)nc2)CC1. The van der Waals surface area contributed by atoms with Crippen LogP contribution in [0.4, 0.5) is 0 Å². The quantitative estimate of drug-likeness (QED) is 0.782. The van der Waals surface area contributed by atoms with Crippen molar-refractivity contribution < 1.29 is 14.3 Å². The topological polar surface area (TPSA) is 62.7 Å². The van der Waals surface area contributed by atoms with E-state index in [2.05, 4.69) is 4.98 Å². The van der Waals surface area contributed by atoms with Gasteiger partial charge in [-0.1, -0.05) is 0 Å². The standard InChI is InChI=1S/C19H27N3O3/c1-12(2)22-16(17(25-4)19(22)24)14-7-9-21(10-8-14)18(23)15-6-5-13(3)20-11-15/h5-6,11-12,14,16-17H,7-10H2,1-4H3/t16-,17+/m0/s1. The van der Waals surface area contributed by atoms with Crippen LogP contribution < -0.4 is 0 Å². The molecule has 0 unspecified atom stereocenters. The molecule has 6 nitrogen and oxygen atoms in total. The molecule has 1 aromatic rings. The van der Waals surface area contributed by atoms with Gasteiger partial charge in [0.2, 0.25) is 0 Å². The minimum absolute atomic E-state index is 0.0413. The van der Waals surface area contributed by atoms with E-state index in [1.165, 1.54) is 0 Å². The normalized spacial score (nSPS) is 24.6. The maximum atomic E-state index is 12.6. The fraction of sp³-hybridized carbons (Fsp3) is 0.632. The highest BCUT2D eigenvalue weighted by Gasteiger charge is 2.52. The summed E-state index contributed by atoms with van der Waals surface area (Å²) in [6, 6.07) is 4.02. The second-order valence-electron chi connectivity index (χ2n) is 7.30.